The van der Waals surface area contributed by atoms with E-state index in [-0.39, 0.29) is 0 Å². The fraction of sp³-hybridized carbons (Fsp3) is 0.647. The van der Waals surface area contributed by atoms with E-state index in [0.29, 0.717) is 17.3 Å². The number of nitrogens with zero attached hydrogens (tertiary/aromatic N) is 1. The topological polar surface area (TPSA) is 172 Å². The Morgan fingerprint density at radius 1 is 1.37 bits per heavy atom. The third-order valence-corrected chi connectivity index (χ3v) is 4.44. The number of esters is 1. The minimum atomic E-state index is -1.66. The van der Waals surface area contributed by atoms with Gasteiger partial charge in [-0.25, -0.2) is 14.4 Å². The quantitative estimate of drug-likeness (QED) is 0.239. The van der Waals surface area contributed by atoms with Crippen LogP contribution in [0.25, 0.3) is 0 Å². The van der Waals surface area contributed by atoms with Crippen LogP contribution in [0.1, 0.15) is 32.9 Å². The van der Waals surface area contributed by atoms with Crippen LogP contribution in [0.4, 0.5) is 9.18 Å². The molecule has 1 aromatic rings. The van der Waals surface area contributed by atoms with Gasteiger partial charge in [0.05, 0.1) is 6.20 Å². The summed E-state index contributed by atoms with van der Waals surface area (Å²) in [6.07, 6.45) is -3.74. The number of carbonyl (C=O) groups excluding carboxylic acids is 2. The number of carbonyl (C=O) groups is 2. The van der Waals surface area contributed by atoms with Gasteiger partial charge in [-0.1, -0.05) is 13.3 Å². The van der Waals surface area contributed by atoms with Gasteiger partial charge in [0.25, 0.3) is 5.56 Å². The van der Waals surface area contributed by atoms with Crippen molar-refractivity contribution in [2.45, 2.75) is 57.3 Å². The molecule has 0 unspecified atom stereocenters. The number of nitrogens with one attached hydrogen (secondary N) is 3. The maximum atomic E-state index is 13.5. The van der Waals surface area contributed by atoms with Crippen LogP contribution in [0.2, 0.25) is 0 Å². The molecule has 1 aliphatic rings. The van der Waals surface area contributed by atoms with Gasteiger partial charge in [0, 0.05) is 6.54 Å². The molecular formula is C17H25FN4O8. The fourth-order valence-electron chi connectivity index (χ4n) is 2.72. The van der Waals surface area contributed by atoms with Crippen molar-refractivity contribution in [3.05, 3.63) is 32.9 Å². The highest BCUT2D eigenvalue weighted by Crippen LogP contribution is 2.28. The number of aliphatic hydroxyl groups excluding tert-OH is 2. The zero-order valence-corrected chi connectivity index (χ0v) is 16.5. The molecule has 168 valence electrons. The van der Waals surface area contributed by atoms with Crippen LogP contribution in [0.5, 0.6) is 0 Å². The Hall–Kier alpha value is -2.77. The second kappa shape index (κ2) is 10.3. The Labute approximate surface area is 170 Å². The maximum Gasteiger partial charge on any atom is 0.330 e. The summed E-state index contributed by atoms with van der Waals surface area (Å²) in [6.45, 7) is 3.31. The third-order valence-electron chi connectivity index (χ3n) is 4.44. The van der Waals surface area contributed by atoms with Crippen molar-refractivity contribution in [3.63, 3.8) is 0 Å². The lowest BCUT2D eigenvalue weighted by molar-refractivity contribution is -0.151. The number of H-pyrrole nitrogens is 1. The van der Waals surface area contributed by atoms with E-state index in [1.54, 1.807) is 4.98 Å². The number of amides is 2. The van der Waals surface area contributed by atoms with E-state index < -0.39 is 66.3 Å². The molecule has 2 heterocycles. The summed E-state index contributed by atoms with van der Waals surface area (Å²) in [7, 11) is 0. The van der Waals surface area contributed by atoms with Crippen molar-refractivity contribution in [1.82, 2.24) is 20.2 Å². The van der Waals surface area contributed by atoms with E-state index in [4.69, 9.17) is 9.47 Å². The number of unbranched alkanes of at least 4 members (excludes halogenated alkanes) is 1. The van der Waals surface area contributed by atoms with Crippen LogP contribution >= 0.6 is 0 Å². The lowest BCUT2D eigenvalue weighted by atomic mass is 10.1. The molecular weight excluding hydrogens is 407 g/mol. The molecule has 0 radical (unpaired) electrons. The molecule has 0 aromatic carbocycles. The number of halogens is 1. The highest BCUT2D eigenvalue weighted by atomic mass is 19.1. The summed E-state index contributed by atoms with van der Waals surface area (Å²) in [5, 5.41) is 25.2. The summed E-state index contributed by atoms with van der Waals surface area (Å²) < 4.78 is 24.4. The molecule has 12 nitrogen and oxygen atoms in total. The zero-order valence-electron chi connectivity index (χ0n) is 16.5. The van der Waals surface area contributed by atoms with E-state index in [9.17, 15) is 33.8 Å². The minimum Gasteiger partial charge on any atom is -0.461 e. The Kier molecular flexibility index (Phi) is 8.08. The Morgan fingerprint density at radius 3 is 2.73 bits per heavy atom. The first-order valence-corrected chi connectivity index (χ1v) is 9.39. The van der Waals surface area contributed by atoms with Gasteiger partial charge in [0.2, 0.25) is 5.82 Å². The average molecular weight is 432 g/mol. The summed E-state index contributed by atoms with van der Waals surface area (Å²) in [5.74, 6) is -2.10. The first-order valence-electron chi connectivity index (χ1n) is 9.39. The lowest BCUT2D eigenvalue weighted by Gasteiger charge is -2.18. The second-order valence-corrected chi connectivity index (χ2v) is 6.80. The number of aromatic amines is 1. The van der Waals surface area contributed by atoms with Crippen molar-refractivity contribution < 1.29 is 33.7 Å². The fourth-order valence-corrected chi connectivity index (χ4v) is 2.72. The Morgan fingerprint density at radius 2 is 2.07 bits per heavy atom. The van der Waals surface area contributed by atoms with Crippen molar-refractivity contribution in [3.8, 4) is 0 Å². The van der Waals surface area contributed by atoms with Gasteiger partial charge in [-0.05, 0) is 13.3 Å². The molecule has 13 heteroatoms. The van der Waals surface area contributed by atoms with E-state index in [2.05, 4.69) is 10.6 Å². The molecule has 30 heavy (non-hydrogen) atoms. The first-order chi connectivity index (χ1) is 14.1. The second-order valence-electron chi connectivity index (χ2n) is 6.80. The van der Waals surface area contributed by atoms with Gasteiger partial charge in [-0.3, -0.25) is 14.3 Å². The summed E-state index contributed by atoms with van der Waals surface area (Å²) in [6, 6.07) is -1.54. The highest BCUT2D eigenvalue weighted by molar-refractivity contribution is 5.83. The summed E-state index contributed by atoms with van der Waals surface area (Å²) in [5.41, 5.74) is -2.29. The smallest absolute Gasteiger partial charge is 0.330 e. The number of ether oxygens (including phenoxy) is 2. The van der Waals surface area contributed by atoms with E-state index in [0.717, 1.165) is 12.8 Å². The average Bonchev–Trinajstić information content (AvgIpc) is 2.97. The van der Waals surface area contributed by atoms with Crippen molar-refractivity contribution in [2.75, 3.05) is 13.2 Å². The van der Waals surface area contributed by atoms with Crippen LogP contribution in [-0.4, -0.2) is 69.3 Å². The van der Waals surface area contributed by atoms with Gasteiger partial charge in [-0.15, -0.1) is 0 Å². The minimum absolute atomic E-state index is 0.455. The van der Waals surface area contributed by atoms with Gasteiger partial charge in [0.1, 0.15) is 31.0 Å². The van der Waals surface area contributed by atoms with Crippen LogP contribution in [0.3, 0.4) is 0 Å². The largest absolute Gasteiger partial charge is 0.461 e. The molecule has 5 atom stereocenters. The predicted molar refractivity (Wildman–Crippen MR) is 99.1 cm³/mol. The number of aromatic nitrogens is 2. The summed E-state index contributed by atoms with van der Waals surface area (Å²) >= 11 is 0. The van der Waals surface area contributed by atoms with Gasteiger partial charge in [-0.2, -0.15) is 4.39 Å². The standard InChI is InChI=1S/C17H25FN4O8/c1-3-4-5-19-16(27)20-8(2)15(26)29-7-10-11(23)12(24)14(30-10)22-6-9(18)13(25)21-17(22)28/h6,8,10-12,14,23-24H,3-5,7H2,1-2H3,(H2,19,20,27)(H,21,25,28)/t8-,10+,11+,12+,14+/m0/s1. The van der Waals surface area contributed by atoms with Crippen molar-refractivity contribution in [2.24, 2.45) is 0 Å². The van der Waals surface area contributed by atoms with Crippen LogP contribution in [0.15, 0.2) is 15.8 Å². The molecule has 5 N–H and O–H groups in total. The van der Waals surface area contributed by atoms with Gasteiger partial charge in [0.15, 0.2) is 6.23 Å². The number of urea groups is 1. The van der Waals surface area contributed by atoms with Crippen molar-refractivity contribution >= 4 is 12.0 Å². The number of hydrogen-bond donors (Lipinski definition) is 5. The lowest BCUT2D eigenvalue weighted by Crippen LogP contribution is -2.46. The molecule has 1 aromatic heterocycles. The molecule has 0 aliphatic carbocycles. The molecule has 0 saturated carbocycles. The molecule has 1 fully saturated rings. The molecule has 1 aliphatic heterocycles. The zero-order chi connectivity index (χ0) is 22.4. The summed E-state index contributed by atoms with van der Waals surface area (Å²) in [4.78, 5) is 48.3. The molecule has 0 spiro atoms. The number of rotatable bonds is 8. The van der Waals surface area contributed by atoms with Gasteiger partial charge < -0.3 is 30.3 Å². The monoisotopic (exact) mass is 432 g/mol. The van der Waals surface area contributed by atoms with E-state index >= 15 is 0 Å². The Balaban J connectivity index is 1.92. The van der Waals surface area contributed by atoms with Crippen LogP contribution in [0, 0.1) is 5.82 Å². The Bertz CT molecular complexity index is 872. The predicted octanol–water partition coefficient (Wildman–Crippen LogP) is -1.67. The molecule has 0 bridgehead atoms. The van der Waals surface area contributed by atoms with Crippen LogP contribution < -0.4 is 21.9 Å². The normalized spacial score (nSPS) is 24.3. The highest BCUT2D eigenvalue weighted by Gasteiger charge is 2.45. The molecule has 1 saturated heterocycles. The SMILES string of the molecule is CCCCNC(=O)N[C@@H](C)C(=O)OC[C@H]1O[C@@H](n2cc(F)c(=O)[nH]c2=O)[C@H](O)[C@@H]1O. The van der Waals surface area contributed by atoms with E-state index in [1.807, 2.05) is 6.92 Å². The van der Waals surface area contributed by atoms with Crippen molar-refractivity contribution in [1.29, 1.82) is 0 Å². The van der Waals surface area contributed by atoms with Crippen LogP contribution in [-0.2, 0) is 14.3 Å². The third kappa shape index (κ3) is 5.64. The first kappa shape index (κ1) is 23.5. The maximum absolute atomic E-state index is 13.5. The number of hydrogen-bond acceptors (Lipinski definition) is 8. The molecule has 2 amide bonds. The number of aliphatic hydroxyl groups is 2. The van der Waals surface area contributed by atoms with E-state index in [1.165, 1.54) is 6.92 Å². The van der Waals surface area contributed by atoms with Gasteiger partial charge >= 0.3 is 17.7 Å². The molecule has 2 rings (SSSR count).